The number of alkyl carbamates (subject to hydrolysis) is 1. The van der Waals surface area contributed by atoms with Crippen molar-refractivity contribution in [2.45, 2.75) is 24.8 Å². The van der Waals surface area contributed by atoms with Crippen LogP contribution in [0.5, 0.6) is 0 Å². The number of hydrogen-bond donors (Lipinski definition) is 2. The topological polar surface area (TPSA) is 75.6 Å². The van der Waals surface area contributed by atoms with Gasteiger partial charge in [0.15, 0.2) is 0 Å². The fraction of sp³-hybridized carbons (Fsp3) is 0.161. The van der Waals surface area contributed by atoms with Crippen LogP contribution in [0.15, 0.2) is 110 Å². The molecule has 0 saturated heterocycles. The van der Waals surface area contributed by atoms with E-state index in [1.165, 1.54) is 6.92 Å². The Labute approximate surface area is 211 Å². The third-order valence-corrected chi connectivity index (χ3v) is 6.44. The van der Waals surface area contributed by atoms with Crippen molar-refractivity contribution in [3.8, 4) is 11.1 Å². The van der Waals surface area contributed by atoms with E-state index in [1.54, 1.807) is 12.2 Å². The Morgan fingerprint density at radius 3 is 2.06 bits per heavy atom. The number of amides is 1. The molecule has 5 nitrogen and oxygen atoms in total. The number of carbonyl (C=O) groups is 2. The molecular formula is C31H29NO4. The summed E-state index contributed by atoms with van der Waals surface area (Å²) >= 11 is 0. The van der Waals surface area contributed by atoms with E-state index in [9.17, 15) is 14.7 Å². The lowest BCUT2D eigenvalue weighted by atomic mass is 9.93. The van der Waals surface area contributed by atoms with Gasteiger partial charge in [-0.15, -0.1) is 0 Å². The smallest absolute Gasteiger partial charge is 0.408 e. The molecule has 0 aromatic heterocycles. The van der Waals surface area contributed by atoms with Crippen molar-refractivity contribution in [3.63, 3.8) is 0 Å². The first kappa shape index (κ1) is 24.7. The lowest BCUT2D eigenvalue weighted by Crippen LogP contribution is -2.52. The standard InChI is InChI=1S/C31H29NO4/c1-21(17-18-22(2)23-11-5-4-6-12-23)19-31(3,29(33)34)32-30(35)36-20-28-26-15-9-7-13-24(26)25-14-8-10-16-27(25)28/h4-18,28H,1-2,19-20H2,3H3,(H,32,35)(H,33,34)/b18-17-/t31-/m0/s1. The highest BCUT2D eigenvalue weighted by Gasteiger charge is 2.36. The van der Waals surface area contributed by atoms with Crippen LogP contribution >= 0.6 is 0 Å². The molecule has 0 spiro atoms. The number of benzene rings is 3. The highest BCUT2D eigenvalue weighted by Crippen LogP contribution is 2.44. The Morgan fingerprint density at radius 1 is 0.917 bits per heavy atom. The van der Waals surface area contributed by atoms with E-state index < -0.39 is 17.6 Å². The molecule has 2 N–H and O–H groups in total. The average molecular weight is 480 g/mol. The summed E-state index contributed by atoms with van der Waals surface area (Å²) in [4.78, 5) is 24.8. The number of aliphatic carboxylic acids is 1. The Bertz CT molecular complexity index is 1300. The van der Waals surface area contributed by atoms with Crippen LogP contribution in [-0.4, -0.2) is 29.3 Å². The lowest BCUT2D eigenvalue weighted by Gasteiger charge is -2.26. The van der Waals surface area contributed by atoms with E-state index >= 15 is 0 Å². The quantitative estimate of drug-likeness (QED) is 0.340. The first-order valence-corrected chi connectivity index (χ1v) is 11.8. The minimum absolute atomic E-state index is 0.00506. The van der Waals surface area contributed by atoms with Crippen LogP contribution < -0.4 is 5.32 Å². The van der Waals surface area contributed by atoms with E-state index in [4.69, 9.17) is 4.74 Å². The van der Waals surface area contributed by atoms with Crippen LogP contribution in [0.25, 0.3) is 16.7 Å². The predicted molar refractivity (Wildman–Crippen MR) is 143 cm³/mol. The Kier molecular flexibility index (Phi) is 7.20. The molecule has 182 valence electrons. The molecular weight excluding hydrogens is 450 g/mol. The number of carboxylic acids is 1. The summed E-state index contributed by atoms with van der Waals surface area (Å²) in [6, 6.07) is 25.7. The van der Waals surface area contributed by atoms with E-state index in [0.717, 1.165) is 33.4 Å². The summed E-state index contributed by atoms with van der Waals surface area (Å²) in [6.45, 7) is 9.56. The van der Waals surface area contributed by atoms with E-state index in [0.29, 0.717) is 5.57 Å². The van der Waals surface area contributed by atoms with Gasteiger partial charge in [-0.25, -0.2) is 9.59 Å². The molecule has 0 bridgehead atoms. The van der Waals surface area contributed by atoms with Gasteiger partial charge in [-0.3, -0.25) is 0 Å². The lowest BCUT2D eigenvalue weighted by molar-refractivity contribution is -0.143. The van der Waals surface area contributed by atoms with Gasteiger partial charge < -0.3 is 15.2 Å². The predicted octanol–water partition coefficient (Wildman–Crippen LogP) is 6.58. The molecule has 1 aliphatic rings. The Morgan fingerprint density at radius 2 is 1.47 bits per heavy atom. The number of carbonyl (C=O) groups excluding carboxylic acids is 1. The monoisotopic (exact) mass is 479 g/mol. The summed E-state index contributed by atoms with van der Waals surface area (Å²) in [5, 5.41) is 12.4. The van der Waals surface area contributed by atoms with E-state index in [2.05, 4.69) is 30.6 Å². The summed E-state index contributed by atoms with van der Waals surface area (Å²) in [5.74, 6) is -1.28. The first-order valence-electron chi connectivity index (χ1n) is 11.8. The van der Waals surface area contributed by atoms with Gasteiger partial charge in [0, 0.05) is 12.3 Å². The second-order valence-corrected chi connectivity index (χ2v) is 9.15. The number of allylic oxidation sites excluding steroid dienone is 3. The minimum atomic E-state index is -1.59. The van der Waals surface area contributed by atoms with Gasteiger partial charge in [-0.05, 0) is 40.3 Å². The molecule has 0 aliphatic heterocycles. The van der Waals surface area contributed by atoms with Crippen LogP contribution in [0.3, 0.4) is 0 Å². The number of hydrogen-bond acceptors (Lipinski definition) is 3. The number of ether oxygens (including phenoxy) is 1. The maximum absolute atomic E-state index is 12.7. The van der Waals surface area contributed by atoms with Crippen LogP contribution in [0.1, 0.15) is 36.0 Å². The first-order chi connectivity index (χ1) is 17.3. The van der Waals surface area contributed by atoms with Crippen molar-refractivity contribution >= 4 is 17.6 Å². The molecule has 3 aromatic carbocycles. The SMILES string of the molecule is C=C(/C=C\C(=C)c1ccccc1)C[C@](C)(NC(=O)OCC1c2ccccc2-c2ccccc21)C(=O)O. The third-order valence-electron chi connectivity index (χ3n) is 6.44. The maximum Gasteiger partial charge on any atom is 0.408 e. The summed E-state index contributed by atoms with van der Waals surface area (Å²) in [6.07, 6.45) is 2.72. The highest BCUT2D eigenvalue weighted by atomic mass is 16.5. The number of carboxylic acid groups (broad SMARTS) is 1. The Balaban J connectivity index is 1.39. The fourth-order valence-electron chi connectivity index (χ4n) is 4.51. The summed E-state index contributed by atoms with van der Waals surface area (Å²) in [7, 11) is 0. The molecule has 1 aliphatic carbocycles. The molecule has 1 amide bonds. The zero-order valence-corrected chi connectivity index (χ0v) is 20.2. The van der Waals surface area contributed by atoms with Crippen molar-refractivity contribution in [2.75, 3.05) is 6.61 Å². The molecule has 1 atom stereocenters. The zero-order chi connectivity index (χ0) is 25.7. The molecule has 4 rings (SSSR count). The second-order valence-electron chi connectivity index (χ2n) is 9.15. The summed E-state index contributed by atoms with van der Waals surface area (Å²) < 4.78 is 5.55. The molecule has 0 unspecified atom stereocenters. The molecule has 0 saturated carbocycles. The van der Waals surface area contributed by atoms with Crippen LogP contribution in [-0.2, 0) is 9.53 Å². The maximum atomic E-state index is 12.7. The molecule has 36 heavy (non-hydrogen) atoms. The molecule has 0 fully saturated rings. The normalized spacial score (nSPS) is 13.9. The van der Waals surface area contributed by atoms with Gasteiger partial charge in [0.25, 0.3) is 0 Å². The van der Waals surface area contributed by atoms with Gasteiger partial charge in [-0.1, -0.05) is 110 Å². The van der Waals surface area contributed by atoms with E-state index in [1.807, 2.05) is 66.7 Å². The van der Waals surface area contributed by atoms with Gasteiger partial charge in [0.1, 0.15) is 12.1 Å². The van der Waals surface area contributed by atoms with Crippen molar-refractivity contribution in [1.82, 2.24) is 5.32 Å². The molecule has 3 aromatic rings. The molecule has 0 radical (unpaired) electrons. The van der Waals surface area contributed by atoms with Gasteiger partial charge in [0.05, 0.1) is 0 Å². The second kappa shape index (κ2) is 10.5. The van der Waals surface area contributed by atoms with Gasteiger partial charge in [-0.2, -0.15) is 0 Å². The van der Waals surface area contributed by atoms with E-state index in [-0.39, 0.29) is 18.9 Å². The van der Waals surface area contributed by atoms with Crippen LogP contribution in [0.4, 0.5) is 4.79 Å². The van der Waals surface area contributed by atoms with Crippen LogP contribution in [0, 0.1) is 0 Å². The van der Waals surface area contributed by atoms with Gasteiger partial charge >= 0.3 is 12.1 Å². The third kappa shape index (κ3) is 5.31. The average Bonchev–Trinajstić information content (AvgIpc) is 3.20. The summed E-state index contributed by atoms with van der Waals surface area (Å²) in [5.41, 5.74) is 5.11. The highest BCUT2D eigenvalue weighted by molar-refractivity contribution is 5.85. The minimum Gasteiger partial charge on any atom is -0.480 e. The van der Waals surface area contributed by atoms with Crippen molar-refractivity contribution in [1.29, 1.82) is 0 Å². The Hall–Kier alpha value is -4.38. The zero-order valence-electron chi connectivity index (χ0n) is 20.2. The van der Waals surface area contributed by atoms with Crippen molar-refractivity contribution < 1.29 is 19.4 Å². The molecule has 5 heteroatoms. The largest absolute Gasteiger partial charge is 0.480 e. The fourth-order valence-corrected chi connectivity index (χ4v) is 4.51. The van der Waals surface area contributed by atoms with Crippen LogP contribution in [0.2, 0.25) is 0 Å². The van der Waals surface area contributed by atoms with Crippen molar-refractivity contribution in [2.24, 2.45) is 0 Å². The number of rotatable bonds is 9. The van der Waals surface area contributed by atoms with Gasteiger partial charge in [0.2, 0.25) is 0 Å². The number of fused-ring (bicyclic) bond motifs is 3. The van der Waals surface area contributed by atoms with Crippen molar-refractivity contribution in [3.05, 3.63) is 126 Å². The molecule has 0 heterocycles. The number of nitrogens with one attached hydrogen (secondary N) is 1.